The van der Waals surface area contributed by atoms with Gasteiger partial charge < -0.3 is 9.88 Å². The normalized spacial score (nSPS) is 20.3. The van der Waals surface area contributed by atoms with E-state index in [-0.39, 0.29) is 11.8 Å². The molecule has 2 saturated heterocycles. The Labute approximate surface area is 159 Å². The molecule has 2 aromatic heterocycles. The van der Waals surface area contributed by atoms with Crippen molar-refractivity contribution in [2.45, 2.75) is 37.9 Å². The third kappa shape index (κ3) is 3.25. The second-order valence-electron chi connectivity index (χ2n) is 7.88. The van der Waals surface area contributed by atoms with Gasteiger partial charge in [-0.3, -0.25) is 4.79 Å². The molecular weight excluding hydrogens is 364 g/mol. The van der Waals surface area contributed by atoms with Crippen LogP contribution in [0.3, 0.4) is 0 Å². The Morgan fingerprint density at radius 1 is 1.26 bits per heavy atom. The van der Waals surface area contributed by atoms with Crippen LogP contribution in [-0.4, -0.2) is 64.9 Å². The maximum absolute atomic E-state index is 12.9. The molecular formula is C19H26N4O3S. The average Bonchev–Trinajstić information content (AvgIpc) is 3.04. The van der Waals surface area contributed by atoms with Crippen LogP contribution in [0.2, 0.25) is 0 Å². The summed E-state index contributed by atoms with van der Waals surface area (Å²) in [5.74, 6) is 0.290. The fraction of sp³-hybridized carbons (Fsp3) is 0.579. The van der Waals surface area contributed by atoms with Crippen molar-refractivity contribution in [1.29, 1.82) is 0 Å². The number of nitrogens with zero attached hydrogens (tertiary/aromatic N) is 3. The molecule has 2 aliphatic rings. The zero-order valence-electron chi connectivity index (χ0n) is 15.8. The van der Waals surface area contributed by atoms with Gasteiger partial charge in [-0.1, -0.05) is 13.8 Å². The lowest BCUT2D eigenvalue weighted by Crippen LogP contribution is -2.61. The first-order valence-corrected chi connectivity index (χ1v) is 11.1. The summed E-state index contributed by atoms with van der Waals surface area (Å²) < 4.78 is 27.4. The fourth-order valence-corrected chi connectivity index (χ4v) is 6.00. The molecule has 146 valence electrons. The van der Waals surface area contributed by atoms with Crippen molar-refractivity contribution in [2.75, 3.05) is 26.2 Å². The van der Waals surface area contributed by atoms with Gasteiger partial charge in [-0.25, -0.2) is 17.7 Å². The first kappa shape index (κ1) is 18.4. The van der Waals surface area contributed by atoms with E-state index in [1.165, 1.54) is 5.56 Å². The Balaban J connectivity index is 1.38. The summed E-state index contributed by atoms with van der Waals surface area (Å²) >= 11 is 0. The second kappa shape index (κ2) is 6.91. The molecule has 0 saturated carbocycles. The molecule has 7 nitrogen and oxygen atoms in total. The van der Waals surface area contributed by atoms with E-state index >= 15 is 0 Å². The number of pyridine rings is 1. The summed E-state index contributed by atoms with van der Waals surface area (Å²) in [6, 6.07) is 3.99. The van der Waals surface area contributed by atoms with Gasteiger partial charge in [-0.05, 0) is 36.5 Å². The van der Waals surface area contributed by atoms with Crippen LogP contribution in [0.15, 0.2) is 24.5 Å². The van der Waals surface area contributed by atoms with E-state index in [4.69, 9.17) is 0 Å². The number of rotatable bonds is 4. The average molecular weight is 391 g/mol. The van der Waals surface area contributed by atoms with Crippen LogP contribution in [-0.2, 0) is 14.8 Å². The Morgan fingerprint density at radius 3 is 2.63 bits per heavy atom. The maximum Gasteiger partial charge on any atom is 0.225 e. The van der Waals surface area contributed by atoms with Crippen LogP contribution < -0.4 is 0 Å². The Kier molecular flexibility index (Phi) is 4.71. The van der Waals surface area contributed by atoms with E-state index in [0.29, 0.717) is 32.1 Å². The van der Waals surface area contributed by atoms with E-state index in [1.54, 1.807) is 15.4 Å². The zero-order valence-corrected chi connectivity index (χ0v) is 16.6. The van der Waals surface area contributed by atoms with Crippen LogP contribution in [0.1, 0.15) is 38.2 Å². The predicted molar refractivity (Wildman–Crippen MR) is 104 cm³/mol. The fourth-order valence-electron chi connectivity index (χ4n) is 4.12. The van der Waals surface area contributed by atoms with Crippen LogP contribution in [0.5, 0.6) is 0 Å². The van der Waals surface area contributed by atoms with Crippen molar-refractivity contribution in [1.82, 2.24) is 19.2 Å². The van der Waals surface area contributed by atoms with Gasteiger partial charge in [0.25, 0.3) is 0 Å². The van der Waals surface area contributed by atoms with Gasteiger partial charge in [0.1, 0.15) is 10.9 Å². The number of carbonyl (C=O) groups excluding carboxylic acids is 1. The molecule has 27 heavy (non-hydrogen) atoms. The van der Waals surface area contributed by atoms with Crippen LogP contribution in [0.4, 0.5) is 0 Å². The van der Waals surface area contributed by atoms with Gasteiger partial charge in [0, 0.05) is 49.9 Å². The molecule has 2 fully saturated rings. The number of H-pyrrole nitrogens is 1. The number of fused-ring (bicyclic) bond motifs is 1. The van der Waals surface area contributed by atoms with Gasteiger partial charge in [-0.2, -0.15) is 0 Å². The number of aromatic amines is 1. The first-order valence-electron chi connectivity index (χ1n) is 9.57. The molecule has 2 aromatic rings. The number of piperidine rings is 1. The molecule has 0 unspecified atom stereocenters. The molecule has 2 aliphatic heterocycles. The molecule has 0 radical (unpaired) electrons. The molecule has 1 amide bonds. The summed E-state index contributed by atoms with van der Waals surface area (Å²) in [4.78, 5) is 21.2. The van der Waals surface area contributed by atoms with Gasteiger partial charge in [-0.15, -0.1) is 0 Å². The Hall–Kier alpha value is -1.93. The van der Waals surface area contributed by atoms with Crippen molar-refractivity contribution in [3.8, 4) is 0 Å². The number of aromatic nitrogens is 2. The van der Waals surface area contributed by atoms with E-state index in [9.17, 15) is 13.2 Å². The standard InChI is InChI=1S/C19H26N4O3S/c1-13(2)19(24)22-11-15(12-22)27(25,26)23-8-5-14(6-9-23)17-10-21-18-16(17)4-3-7-20-18/h3-4,7,10,13-15H,5-6,8-9,11-12H2,1-2H3,(H,20,21). The Bertz CT molecular complexity index is 939. The maximum atomic E-state index is 12.9. The minimum absolute atomic E-state index is 0.0353. The third-order valence-electron chi connectivity index (χ3n) is 5.81. The van der Waals surface area contributed by atoms with Crippen molar-refractivity contribution in [3.63, 3.8) is 0 Å². The minimum Gasteiger partial charge on any atom is -0.346 e. The lowest BCUT2D eigenvalue weighted by molar-refractivity contribution is -0.137. The van der Waals surface area contributed by atoms with Gasteiger partial charge in [0.05, 0.1) is 0 Å². The highest BCUT2D eigenvalue weighted by Gasteiger charge is 2.44. The first-order chi connectivity index (χ1) is 12.9. The number of hydrogen-bond donors (Lipinski definition) is 1. The van der Waals surface area contributed by atoms with Crippen molar-refractivity contribution < 1.29 is 13.2 Å². The molecule has 0 aliphatic carbocycles. The van der Waals surface area contributed by atoms with Crippen molar-refractivity contribution in [3.05, 3.63) is 30.1 Å². The van der Waals surface area contributed by atoms with E-state index in [2.05, 4.69) is 16.0 Å². The molecule has 8 heteroatoms. The topological polar surface area (TPSA) is 86.4 Å². The lowest BCUT2D eigenvalue weighted by Gasteiger charge is -2.43. The number of carbonyl (C=O) groups is 1. The summed E-state index contributed by atoms with van der Waals surface area (Å²) in [6.07, 6.45) is 5.39. The largest absolute Gasteiger partial charge is 0.346 e. The highest BCUT2D eigenvalue weighted by Crippen LogP contribution is 2.34. The molecule has 4 heterocycles. The number of hydrogen-bond acceptors (Lipinski definition) is 4. The molecule has 0 aromatic carbocycles. The second-order valence-corrected chi connectivity index (χ2v) is 10.1. The highest BCUT2D eigenvalue weighted by atomic mass is 32.2. The van der Waals surface area contributed by atoms with Gasteiger partial charge >= 0.3 is 0 Å². The van der Waals surface area contributed by atoms with Crippen LogP contribution in [0, 0.1) is 5.92 Å². The molecule has 0 atom stereocenters. The van der Waals surface area contributed by atoms with Crippen molar-refractivity contribution >= 4 is 27.0 Å². The minimum atomic E-state index is -3.33. The van der Waals surface area contributed by atoms with E-state index < -0.39 is 15.3 Å². The van der Waals surface area contributed by atoms with Crippen LogP contribution >= 0.6 is 0 Å². The van der Waals surface area contributed by atoms with E-state index in [1.807, 2.05) is 26.1 Å². The van der Waals surface area contributed by atoms with E-state index in [0.717, 1.165) is 23.9 Å². The third-order valence-corrected chi connectivity index (χ3v) is 8.04. The lowest BCUT2D eigenvalue weighted by atomic mass is 9.90. The van der Waals surface area contributed by atoms with Crippen molar-refractivity contribution in [2.24, 2.45) is 5.92 Å². The number of nitrogens with one attached hydrogen (secondary N) is 1. The molecule has 0 spiro atoms. The van der Waals surface area contributed by atoms with Gasteiger partial charge in [0.2, 0.25) is 15.9 Å². The predicted octanol–water partition coefficient (Wildman–Crippen LogP) is 1.94. The molecule has 0 bridgehead atoms. The summed E-state index contributed by atoms with van der Waals surface area (Å²) in [5, 5.41) is 0.676. The number of amides is 1. The summed E-state index contributed by atoms with van der Waals surface area (Å²) in [5.41, 5.74) is 2.11. The summed E-state index contributed by atoms with van der Waals surface area (Å²) in [6.45, 7) is 5.41. The number of likely N-dealkylation sites (tertiary alicyclic amines) is 1. The molecule has 1 N–H and O–H groups in total. The van der Waals surface area contributed by atoms with Gasteiger partial charge in [0.15, 0.2) is 0 Å². The summed E-state index contributed by atoms with van der Waals surface area (Å²) in [7, 11) is -3.33. The molecule has 4 rings (SSSR count). The smallest absolute Gasteiger partial charge is 0.225 e. The highest BCUT2D eigenvalue weighted by molar-refractivity contribution is 7.89. The monoisotopic (exact) mass is 390 g/mol. The zero-order chi connectivity index (χ0) is 19.2. The number of sulfonamides is 1. The quantitative estimate of drug-likeness (QED) is 0.864. The SMILES string of the molecule is CC(C)C(=O)N1CC(S(=O)(=O)N2CCC(c3c[nH]c4ncccc34)CC2)C1. The van der Waals surface area contributed by atoms with Crippen LogP contribution in [0.25, 0.3) is 11.0 Å². The Morgan fingerprint density at radius 2 is 1.96 bits per heavy atom.